The molecule has 0 amide bonds. The third-order valence-electron chi connectivity index (χ3n) is 4.41. The first-order valence-electron chi connectivity index (χ1n) is 6.88. The maximum Gasteiger partial charge on any atom is 0.0675 e. The van der Waals surface area contributed by atoms with Crippen molar-refractivity contribution >= 4 is 0 Å². The third-order valence-corrected chi connectivity index (χ3v) is 4.41. The molecule has 1 fully saturated rings. The fraction of sp³-hybridized carbons (Fsp3) is 1.00. The summed E-state index contributed by atoms with van der Waals surface area (Å²) in [6.45, 7) is 6.69. The van der Waals surface area contributed by atoms with E-state index in [4.69, 9.17) is 0 Å². The van der Waals surface area contributed by atoms with Crippen LogP contribution in [0.2, 0.25) is 0 Å². The van der Waals surface area contributed by atoms with Crippen molar-refractivity contribution in [1.29, 1.82) is 0 Å². The molecule has 1 heteroatoms. The fourth-order valence-corrected chi connectivity index (χ4v) is 3.33. The van der Waals surface area contributed by atoms with Crippen LogP contribution < -0.4 is 0 Å². The lowest BCUT2D eigenvalue weighted by molar-refractivity contribution is -0.0625. The zero-order valence-corrected chi connectivity index (χ0v) is 10.8. The summed E-state index contributed by atoms with van der Waals surface area (Å²) < 4.78 is 0. The molecule has 0 aromatic rings. The van der Waals surface area contributed by atoms with Gasteiger partial charge in [0.05, 0.1) is 5.60 Å². The summed E-state index contributed by atoms with van der Waals surface area (Å²) in [4.78, 5) is 0. The number of hydrogen-bond acceptors (Lipinski definition) is 1. The van der Waals surface area contributed by atoms with E-state index in [1.807, 2.05) is 0 Å². The highest BCUT2D eigenvalue weighted by molar-refractivity contribution is 4.90. The molecule has 0 bridgehead atoms. The van der Waals surface area contributed by atoms with Crippen molar-refractivity contribution in [1.82, 2.24) is 0 Å². The summed E-state index contributed by atoms with van der Waals surface area (Å²) in [5.74, 6) is 1.42. The van der Waals surface area contributed by atoms with E-state index in [0.29, 0.717) is 5.92 Å². The standard InChI is InChI=1S/C14H28O/c1-4-7-12-8-10-14(15,11-9-12)13(5-2)6-3/h12-13,15H,4-11H2,1-3H3. The lowest BCUT2D eigenvalue weighted by atomic mass is 9.70. The summed E-state index contributed by atoms with van der Waals surface area (Å²) in [6, 6.07) is 0. The Bertz CT molecular complexity index is 164. The van der Waals surface area contributed by atoms with Crippen molar-refractivity contribution in [2.24, 2.45) is 11.8 Å². The molecule has 0 radical (unpaired) electrons. The Kier molecular flexibility index (Phi) is 5.11. The molecule has 1 N–H and O–H groups in total. The average Bonchev–Trinajstić information content (AvgIpc) is 2.24. The molecule has 1 aliphatic carbocycles. The van der Waals surface area contributed by atoms with Gasteiger partial charge in [-0.1, -0.05) is 46.5 Å². The normalized spacial score (nSPS) is 32.2. The van der Waals surface area contributed by atoms with Crippen LogP contribution in [0.5, 0.6) is 0 Å². The molecule has 1 nitrogen and oxygen atoms in total. The Balaban J connectivity index is 2.46. The largest absolute Gasteiger partial charge is 0.390 e. The molecule has 0 aromatic heterocycles. The Morgan fingerprint density at radius 3 is 2.07 bits per heavy atom. The van der Waals surface area contributed by atoms with Crippen molar-refractivity contribution in [2.75, 3.05) is 0 Å². The van der Waals surface area contributed by atoms with E-state index < -0.39 is 0 Å². The van der Waals surface area contributed by atoms with Gasteiger partial charge in [0.25, 0.3) is 0 Å². The van der Waals surface area contributed by atoms with Gasteiger partial charge in [-0.3, -0.25) is 0 Å². The van der Waals surface area contributed by atoms with Gasteiger partial charge in [-0.15, -0.1) is 0 Å². The summed E-state index contributed by atoms with van der Waals surface area (Å²) in [5.41, 5.74) is -0.326. The van der Waals surface area contributed by atoms with Crippen LogP contribution in [0.25, 0.3) is 0 Å². The minimum absolute atomic E-state index is 0.326. The average molecular weight is 212 g/mol. The predicted octanol–water partition coefficient (Wildman–Crippen LogP) is 4.14. The highest BCUT2D eigenvalue weighted by atomic mass is 16.3. The molecule has 1 saturated carbocycles. The van der Waals surface area contributed by atoms with E-state index in [9.17, 15) is 5.11 Å². The first-order valence-corrected chi connectivity index (χ1v) is 6.88. The van der Waals surface area contributed by atoms with Gasteiger partial charge >= 0.3 is 0 Å². The summed E-state index contributed by atoms with van der Waals surface area (Å²) >= 11 is 0. The van der Waals surface area contributed by atoms with Gasteiger partial charge < -0.3 is 5.11 Å². The van der Waals surface area contributed by atoms with E-state index in [1.165, 1.54) is 25.7 Å². The maximum absolute atomic E-state index is 10.6. The van der Waals surface area contributed by atoms with Crippen molar-refractivity contribution in [3.05, 3.63) is 0 Å². The van der Waals surface area contributed by atoms with Gasteiger partial charge in [-0.2, -0.15) is 0 Å². The lowest BCUT2D eigenvalue weighted by Crippen LogP contribution is -2.41. The molecule has 0 aliphatic heterocycles. The van der Waals surface area contributed by atoms with Crippen LogP contribution in [0.15, 0.2) is 0 Å². The number of hydrogen-bond donors (Lipinski definition) is 1. The highest BCUT2D eigenvalue weighted by Gasteiger charge is 2.37. The van der Waals surface area contributed by atoms with Crippen LogP contribution in [0.3, 0.4) is 0 Å². The molecule has 0 atom stereocenters. The van der Waals surface area contributed by atoms with Crippen LogP contribution >= 0.6 is 0 Å². The zero-order valence-electron chi connectivity index (χ0n) is 10.8. The molecular formula is C14H28O. The predicted molar refractivity (Wildman–Crippen MR) is 65.9 cm³/mol. The second-order valence-corrected chi connectivity index (χ2v) is 5.35. The highest BCUT2D eigenvalue weighted by Crippen LogP contribution is 2.40. The molecule has 0 heterocycles. The molecule has 0 spiro atoms. The number of aliphatic hydroxyl groups is 1. The Hall–Kier alpha value is -0.0400. The first-order chi connectivity index (χ1) is 7.16. The monoisotopic (exact) mass is 212 g/mol. The van der Waals surface area contributed by atoms with Crippen molar-refractivity contribution in [3.63, 3.8) is 0 Å². The van der Waals surface area contributed by atoms with Gasteiger partial charge in [0.15, 0.2) is 0 Å². The molecular weight excluding hydrogens is 184 g/mol. The smallest absolute Gasteiger partial charge is 0.0675 e. The van der Waals surface area contributed by atoms with Crippen LogP contribution in [-0.4, -0.2) is 10.7 Å². The fourth-order valence-electron chi connectivity index (χ4n) is 3.33. The van der Waals surface area contributed by atoms with Crippen LogP contribution in [-0.2, 0) is 0 Å². The van der Waals surface area contributed by atoms with Crippen LogP contribution in [0, 0.1) is 11.8 Å². The Morgan fingerprint density at radius 1 is 1.13 bits per heavy atom. The second-order valence-electron chi connectivity index (χ2n) is 5.35. The van der Waals surface area contributed by atoms with Crippen LogP contribution in [0.4, 0.5) is 0 Å². The summed E-state index contributed by atoms with van der Waals surface area (Å²) in [5, 5.41) is 10.6. The van der Waals surface area contributed by atoms with E-state index in [1.54, 1.807) is 0 Å². The third kappa shape index (κ3) is 3.21. The van der Waals surface area contributed by atoms with Crippen LogP contribution in [0.1, 0.15) is 72.1 Å². The van der Waals surface area contributed by atoms with Crippen molar-refractivity contribution in [2.45, 2.75) is 77.7 Å². The van der Waals surface area contributed by atoms with Gasteiger partial charge in [0, 0.05) is 0 Å². The molecule has 0 unspecified atom stereocenters. The molecule has 1 rings (SSSR count). The summed E-state index contributed by atoms with van der Waals surface area (Å²) in [6.07, 6.45) is 9.51. The summed E-state index contributed by atoms with van der Waals surface area (Å²) in [7, 11) is 0. The van der Waals surface area contributed by atoms with E-state index in [2.05, 4.69) is 20.8 Å². The minimum Gasteiger partial charge on any atom is -0.390 e. The van der Waals surface area contributed by atoms with Gasteiger partial charge in [-0.25, -0.2) is 0 Å². The van der Waals surface area contributed by atoms with Gasteiger partial charge in [-0.05, 0) is 37.5 Å². The van der Waals surface area contributed by atoms with E-state index in [0.717, 1.165) is 31.6 Å². The molecule has 0 saturated heterocycles. The quantitative estimate of drug-likeness (QED) is 0.726. The minimum atomic E-state index is -0.326. The maximum atomic E-state index is 10.6. The van der Waals surface area contributed by atoms with Crippen molar-refractivity contribution < 1.29 is 5.11 Å². The Labute approximate surface area is 95.3 Å². The van der Waals surface area contributed by atoms with Gasteiger partial charge in [0.1, 0.15) is 0 Å². The number of rotatable bonds is 5. The second kappa shape index (κ2) is 5.89. The molecule has 0 aromatic carbocycles. The lowest BCUT2D eigenvalue weighted by Gasteiger charge is -2.41. The van der Waals surface area contributed by atoms with Gasteiger partial charge in [0.2, 0.25) is 0 Å². The first kappa shape index (κ1) is 13.0. The molecule has 90 valence electrons. The van der Waals surface area contributed by atoms with E-state index >= 15 is 0 Å². The van der Waals surface area contributed by atoms with E-state index in [-0.39, 0.29) is 5.60 Å². The van der Waals surface area contributed by atoms with Crippen molar-refractivity contribution in [3.8, 4) is 0 Å². The zero-order chi connectivity index (χ0) is 11.3. The topological polar surface area (TPSA) is 20.2 Å². The molecule has 15 heavy (non-hydrogen) atoms. The Morgan fingerprint density at radius 2 is 1.67 bits per heavy atom. The molecule has 1 aliphatic rings. The SMILES string of the molecule is CCCC1CCC(O)(C(CC)CC)CC1.